The van der Waals surface area contributed by atoms with Gasteiger partial charge in [-0.1, -0.05) is 17.7 Å². The van der Waals surface area contributed by atoms with E-state index in [9.17, 15) is 4.39 Å². The summed E-state index contributed by atoms with van der Waals surface area (Å²) < 4.78 is 13.3. The summed E-state index contributed by atoms with van der Waals surface area (Å²) in [6, 6.07) is 4.39. The monoisotopic (exact) mass is 269 g/mol. The molecule has 0 saturated carbocycles. The molecule has 1 atom stereocenters. The lowest BCUT2D eigenvalue weighted by Crippen LogP contribution is -2.29. The van der Waals surface area contributed by atoms with Gasteiger partial charge in [0.2, 0.25) is 0 Å². The molecule has 0 aliphatic carbocycles. The number of nitrogens with two attached hydrogens (primary N) is 2. The van der Waals surface area contributed by atoms with Crippen molar-refractivity contribution in [1.82, 2.24) is 15.6 Å². The Hall–Kier alpha value is -1.63. The highest BCUT2D eigenvalue weighted by Crippen LogP contribution is 2.23. The fourth-order valence-corrected chi connectivity index (χ4v) is 1.86. The predicted molar refractivity (Wildman–Crippen MR) is 68.2 cm³/mol. The minimum atomic E-state index is -0.454. The molecular weight excluding hydrogens is 257 g/mol. The topological polar surface area (TPSA) is 92.7 Å². The van der Waals surface area contributed by atoms with Crippen molar-refractivity contribution >= 4 is 17.4 Å². The van der Waals surface area contributed by atoms with Crippen molar-refractivity contribution < 1.29 is 4.39 Å². The number of hydrazine groups is 1. The second-order valence-corrected chi connectivity index (χ2v) is 4.32. The average molecular weight is 270 g/mol. The third-order valence-corrected chi connectivity index (χ3v) is 3.01. The Morgan fingerprint density at radius 3 is 2.83 bits per heavy atom. The minimum absolute atomic E-state index is 0.0961. The maximum Gasteiger partial charge on any atom is 0.142 e. The third kappa shape index (κ3) is 2.61. The SMILES string of the molecule is NNC(Cc1ccc(Cl)c(F)c1)c1cn[nH]c1N. The van der Waals surface area contributed by atoms with Gasteiger partial charge in [-0.25, -0.2) is 4.39 Å². The van der Waals surface area contributed by atoms with Crippen LogP contribution in [0.5, 0.6) is 0 Å². The standard InChI is InChI=1S/C11H13ClFN5/c12-8-2-1-6(3-9(8)13)4-10(17-15)7-5-16-18-11(7)14/h1-3,5,10,17H,4,15H2,(H3,14,16,18). The number of nitrogens with one attached hydrogen (secondary N) is 2. The molecule has 1 unspecified atom stereocenters. The molecule has 1 heterocycles. The van der Waals surface area contributed by atoms with Crippen LogP contribution < -0.4 is 17.0 Å². The van der Waals surface area contributed by atoms with Crippen LogP contribution in [0, 0.1) is 5.82 Å². The number of aromatic amines is 1. The van der Waals surface area contributed by atoms with Crippen molar-refractivity contribution in [2.24, 2.45) is 5.84 Å². The molecule has 0 saturated heterocycles. The van der Waals surface area contributed by atoms with E-state index in [2.05, 4.69) is 15.6 Å². The first-order valence-corrected chi connectivity index (χ1v) is 5.68. The van der Waals surface area contributed by atoms with E-state index in [0.717, 1.165) is 11.1 Å². The zero-order valence-electron chi connectivity index (χ0n) is 9.45. The van der Waals surface area contributed by atoms with Crippen LogP contribution in [-0.2, 0) is 6.42 Å². The van der Waals surface area contributed by atoms with E-state index >= 15 is 0 Å². The van der Waals surface area contributed by atoms with Crippen LogP contribution in [0.15, 0.2) is 24.4 Å². The summed E-state index contributed by atoms with van der Waals surface area (Å²) in [4.78, 5) is 0. The number of hydrogen-bond donors (Lipinski definition) is 4. The van der Waals surface area contributed by atoms with Gasteiger partial charge in [-0.3, -0.25) is 16.4 Å². The number of H-pyrrole nitrogens is 1. The zero-order valence-corrected chi connectivity index (χ0v) is 10.2. The van der Waals surface area contributed by atoms with E-state index in [1.54, 1.807) is 12.3 Å². The number of hydrogen-bond acceptors (Lipinski definition) is 4. The lowest BCUT2D eigenvalue weighted by molar-refractivity contribution is 0.550. The Bertz CT molecular complexity index is 542. The predicted octanol–water partition coefficient (Wildman–Crippen LogP) is 1.53. The molecule has 0 aliphatic rings. The Balaban J connectivity index is 2.20. The van der Waals surface area contributed by atoms with E-state index < -0.39 is 5.82 Å². The van der Waals surface area contributed by atoms with Gasteiger partial charge < -0.3 is 5.73 Å². The number of nitrogens with zero attached hydrogens (tertiary/aromatic N) is 1. The van der Waals surface area contributed by atoms with Gasteiger partial charge in [0, 0.05) is 5.56 Å². The van der Waals surface area contributed by atoms with Crippen LogP contribution in [0.4, 0.5) is 10.2 Å². The second-order valence-electron chi connectivity index (χ2n) is 3.91. The Kier molecular flexibility index (Phi) is 3.81. The number of rotatable bonds is 4. The van der Waals surface area contributed by atoms with Crippen LogP contribution >= 0.6 is 11.6 Å². The molecule has 0 bridgehead atoms. The van der Waals surface area contributed by atoms with Crippen molar-refractivity contribution in [2.45, 2.75) is 12.5 Å². The Morgan fingerprint density at radius 2 is 2.28 bits per heavy atom. The van der Waals surface area contributed by atoms with Crippen molar-refractivity contribution in [3.63, 3.8) is 0 Å². The normalized spacial score (nSPS) is 12.6. The first-order chi connectivity index (χ1) is 8.61. The second kappa shape index (κ2) is 5.34. The molecule has 2 aromatic rings. The lowest BCUT2D eigenvalue weighted by atomic mass is 10.0. The van der Waals surface area contributed by atoms with Gasteiger partial charge in [0.1, 0.15) is 11.6 Å². The number of benzene rings is 1. The molecular formula is C11H13ClFN5. The molecule has 1 aromatic heterocycles. The number of nitrogen functional groups attached to an aromatic ring is 1. The summed E-state index contributed by atoms with van der Waals surface area (Å²) in [7, 11) is 0. The average Bonchev–Trinajstić information content (AvgIpc) is 2.77. The van der Waals surface area contributed by atoms with Crippen molar-refractivity contribution in [3.05, 3.63) is 46.4 Å². The number of aromatic nitrogens is 2. The molecule has 7 heteroatoms. The smallest absolute Gasteiger partial charge is 0.142 e. The van der Waals surface area contributed by atoms with Gasteiger partial charge in [0.25, 0.3) is 0 Å². The summed E-state index contributed by atoms with van der Waals surface area (Å²) >= 11 is 5.63. The largest absolute Gasteiger partial charge is 0.384 e. The van der Waals surface area contributed by atoms with Crippen LogP contribution in [0.2, 0.25) is 5.02 Å². The number of halogens is 2. The van der Waals surface area contributed by atoms with Crippen molar-refractivity contribution in [3.8, 4) is 0 Å². The van der Waals surface area contributed by atoms with Gasteiger partial charge >= 0.3 is 0 Å². The van der Waals surface area contributed by atoms with E-state index in [1.807, 2.05) is 0 Å². The van der Waals surface area contributed by atoms with Crippen LogP contribution in [-0.4, -0.2) is 10.2 Å². The maximum atomic E-state index is 13.3. The molecule has 2 rings (SSSR count). The van der Waals surface area contributed by atoms with Crippen molar-refractivity contribution in [1.29, 1.82) is 0 Å². The van der Waals surface area contributed by atoms with E-state index in [4.69, 9.17) is 23.2 Å². The summed E-state index contributed by atoms with van der Waals surface area (Å²) in [5.41, 5.74) is 9.86. The number of anilines is 1. The van der Waals surface area contributed by atoms with Gasteiger partial charge in [0.05, 0.1) is 17.3 Å². The first kappa shape index (κ1) is 12.8. The van der Waals surface area contributed by atoms with Crippen LogP contribution in [0.25, 0.3) is 0 Å². The molecule has 1 aromatic carbocycles. The molecule has 6 N–H and O–H groups in total. The summed E-state index contributed by atoms with van der Waals surface area (Å²) in [5.74, 6) is 5.47. The fourth-order valence-electron chi connectivity index (χ4n) is 1.74. The van der Waals surface area contributed by atoms with Gasteiger partial charge in [0.15, 0.2) is 0 Å². The summed E-state index contributed by atoms with van der Waals surface area (Å²) in [6.45, 7) is 0. The van der Waals surface area contributed by atoms with Crippen molar-refractivity contribution in [2.75, 3.05) is 5.73 Å². The fraction of sp³-hybridized carbons (Fsp3) is 0.182. The molecule has 0 radical (unpaired) electrons. The van der Waals surface area contributed by atoms with Gasteiger partial charge in [-0.05, 0) is 24.1 Å². The molecule has 18 heavy (non-hydrogen) atoms. The third-order valence-electron chi connectivity index (χ3n) is 2.70. The van der Waals surface area contributed by atoms with Crippen LogP contribution in [0.3, 0.4) is 0 Å². The molecule has 0 aliphatic heterocycles. The van der Waals surface area contributed by atoms with Gasteiger partial charge in [-0.15, -0.1) is 0 Å². The maximum absolute atomic E-state index is 13.3. The molecule has 96 valence electrons. The van der Waals surface area contributed by atoms with Crippen LogP contribution in [0.1, 0.15) is 17.2 Å². The quantitative estimate of drug-likeness (QED) is 0.500. The highest BCUT2D eigenvalue weighted by Gasteiger charge is 2.15. The van der Waals surface area contributed by atoms with E-state index in [0.29, 0.717) is 12.2 Å². The zero-order chi connectivity index (χ0) is 13.1. The highest BCUT2D eigenvalue weighted by atomic mass is 35.5. The Labute approximate surface area is 108 Å². The van der Waals surface area contributed by atoms with Gasteiger partial charge in [-0.2, -0.15) is 5.10 Å². The summed E-state index contributed by atoms with van der Waals surface area (Å²) in [5, 5.41) is 6.55. The molecule has 0 fully saturated rings. The lowest BCUT2D eigenvalue weighted by Gasteiger charge is -2.15. The molecule has 0 amide bonds. The molecule has 5 nitrogen and oxygen atoms in total. The Morgan fingerprint density at radius 1 is 1.50 bits per heavy atom. The molecule has 0 spiro atoms. The minimum Gasteiger partial charge on any atom is -0.384 e. The summed E-state index contributed by atoms with van der Waals surface area (Å²) in [6.07, 6.45) is 2.07. The van der Waals surface area contributed by atoms with E-state index in [-0.39, 0.29) is 11.1 Å². The first-order valence-electron chi connectivity index (χ1n) is 5.30. The highest BCUT2D eigenvalue weighted by molar-refractivity contribution is 6.30. The van der Waals surface area contributed by atoms with E-state index in [1.165, 1.54) is 12.1 Å².